The number of hydrogen-bond donors (Lipinski definition) is 1. The Balaban J connectivity index is 1.57. The third kappa shape index (κ3) is 8.37. The SMILES string of the molecule is COc1cccc(CN(C(=O)CN(c2ccc([N+](=O)[O-])cc2)S(=O)(=O)c2ccccc2)[C@@H](Cc2ccccc2)C(=O)NC2CCCC2)c1. The second kappa shape index (κ2) is 15.6. The van der Waals surface area contributed by atoms with Crippen LogP contribution in [0.5, 0.6) is 5.75 Å². The highest BCUT2D eigenvalue weighted by Crippen LogP contribution is 2.27. The molecule has 1 atom stereocenters. The lowest BCUT2D eigenvalue weighted by atomic mass is 10.0. The van der Waals surface area contributed by atoms with Crippen LogP contribution in [0.1, 0.15) is 36.8 Å². The summed E-state index contributed by atoms with van der Waals surface area (Å²) in [6.45, 7) is -0.674. The molecule has 1 fully saturated rings. The van der Waals surface area contributed by atoms with Crippen molar-refractivity contribution in [3.05, 3.63) is 130 Å². The van der Waals surface area contributed by atoms with E-state index >= 15 is 0 Å². The van der Waals surface area contributed by atoms with Crippen molar-refractivity contribution in [2.45, 2.75) is 55.6 Å². The van der Waals surface area contributed by atoms with E-state index in [1.54, 1.807) is 36.4 Å². The molecule has 0 aromatic heterocycles. The number of hydrogen-bond acceptors (Lipinski definition) is 7. The molecule has 1 saturated carbocycles. The quantitative estimate of drug-likeness (QED) is 0.138. The normalized spacial score (nSPS) is 13.8. The highest BCUT2D eigenvalue weighted by atomic mass is 32.2. The number of non-ortho nitro benzene ring substituents is 1. The van der Waals surface area contributed by atoms with Crippen molar-refractivity contribution in [1.82, 2.24) is 10.2 Å². The Kier molecular flexibility index (Phi) is 11.1. The van der Waals surface area contributed by atoms with Crippen LogP contribution in [0.3, 0.4) is 0 Å². The topological polar surface area (TPSA) is 139 Å². The standard InChI is InChI=1S/C36H38N4O7S/c1-47-32-16-10-13-28(23-32)25-38(34(24-27-11-4-2-5-12-27)36(42)37-29-14-8-9-15-29)35(41)26-39(30-19-21-31(22-20-30)40(43)44)48(45,46)33-17-6-3-7-18-33/h2-7,10-13,16-23,29,34H,8-9,14-15,24-26H2,1H3,(H,37,42)/t34-/m0/s1. The molecule has 1 aliphatic rings. The summed E-state index contributed by atoms with van der Waals surface area (Å²) in [6, 6.07) is 28.1. The van der Waals surface area contributed by atoms with Gasteiger partial charge in [-0.15, -0.1) is 0 Å². The minimum atomic E-state index is -4.33. The molecule has 0 aliphatic heterocycles. The average Bonchev–Trinajstić information content (AvgIpc) is 3.62. The first-order valence-electron chi connectivity index (χ1n) is 15.7. The van der Waals surface area contributed by atoms with Crippen LogP contribution in [0.15, 0.2) is 114 Å². The molecule has 0 spiro atoms. The first kappa shape index (κ1) is 34.1. The number of nitro groups is 1. The van der Waals surface area contributed by atoms with Gasteiger partial charge in [0.25, 0.3) is 15.7 Å². The van der Waals surface area contributed by atoms with Crippen LogP contribution in [0.4, 0.5) is 11.4 Å². The van der Waals surface area contributed by atoms with E-state index in [9.17, 15) is 28.1 Å². The summed E-state index contributed by atoms with van der Waals surface area (Å²) in [5.74, 6) is -0.387. The zero-order chi connectivity index (χ0) is 34.1. The summed E-state index contributed by atoms with van der Waals surface area (Å²) >= 11 is 0. The number of benzene rings is 4. The van der Waals surface area contributed by atoms with Crippen molar-refractivity contribution in [3.63, 3.8) is 0 Å². The van der Waals surface area contributed by atoms with Crippen molar-refractivity contribution in [2.24, 2.45) is 0 Å². The first-order valence-corrected chi connectivity index (χ1v) is 17.2. The molecule has 4 aromatic rings. The van der Waals surface area contributed by atoms with E-state index in [-0.39, 0.29) is 41.2 Å². The fraction of sp³-hybridized carbons (Fsp3) is 0.278. The highest BCUT2D eigenvalue weighted by molar-refractivity contribution is 7.92. The zero-order valence-corrected chi connectivity index (χ0v) is 27.4. The fourth-order valence-corrected chi connectivity index (χ4v) is 7.31. The molecule has 0 unspecified atom stereocenters. The van der Waals surface area contributed by atoms with Gasteiger partial charge in [0.05, 0.1) is 22.6 Å². The van der Waals surface area contributed by atoms with Crippen LogP contribution >= 0.6 is 0 Å². The smallest absolute Gasteiger partial charge is 0.269 e. The van der Waals surface area contributed by atoms with Gasteiger partial charge in [0.1, 0.15) is 18.3 Å². The molecule has 4 aromatic carbocycles. The van der Waals surface area contributed by atoms with Gasteiger partial charge in [0, 0.05) is 31.1 Å². The largest absolute Gasteiger partial charge is 0.497 e. The maximum Gasteiger partial charge on any atom is 0.269 e. The van der Waals surface area contributed by atoms with Gasteiger partial charge in [-0.3, -0.25) is 24.0 Å². The monoisotopic (exact) mass is 670 g/mol. The molecule has 48 heavy (non-hydrogen) atoms. The lowest BCUT2D eigenvalue weighted by Crippen LogP contribution is -2.54. The van der Waals surface area contributed by atoms with E-state index in [2.05, 4.69) is 5.32 Å². The van der Waals surface area contributed by atoms with Crippen LogP contribution in [0.25, 0.3) is 0 Å². The minimum absolute atomic E-state index is 0.00882. The molecule has 0 bridgehead atoms. The van der Waals surface area contributed by atoms with Crippen LogP contribution in [0, 0.1) is 10.1 Å². The van der Waals surface area contributed by atoms with E-state index in [1.165, 1.54) is 48.4 Å². The second-order valence-corrected chi connectivity index (χ2v) is 13.5. The highest BCUT2D eigenvalue weighted by Gasteiger charge is 2.35. The number of nitro benzene ring substituents is 1. The Morgan fingerprint density at radius 1 is 0.896 bits per heavy atom. The van der Waals surface area contributed by atoms with Crippen LogP contribution in [-0.2, 0) is 32.6 Å². The van der Waals surface area contributed by atoms with Gasteiger partial charge in [-0.25, -0.2) is 8.42 Å². The molecule has 12 heteroatoms. The fourth-order valence-electron chi connectivity index (χ4n) is 5.88. The maximum atomic E-state index is 14.6. The lowest BCUT2D eigenvalue weighted by Gasteiger charge is -2.34. The predicted molar refractivity (Wildman–Crippen MR) is 182 cm³/mol. The number of rotatable bonds is 14. The number of carbonyl (C=O) groups is 2. The summed E-state index contributed by atoms with van der Waals surface area (Å²) in [6.07, 6.45) is 3.89. The lowest BCUT2D eigenvalue weighted by molar-refractivity contribution is -0.384. The van der Waals surface area contributed by atoms with Crippen molar-refractivity contribution >= 4 is 33.2 Å². The summed E-state index contributed by atoms with van der Waals surface area (Å²) in [4.78, 5) is 40.9. The minimum Gasteiger partial charge on any atom is -0.497 e. The Hall–Kier alpha value is -5.23. The third-order valence-corrected chi connectivity index (χ3v) is 10.2. The van der Waals surface area contributed by atoms with E-state index in [4.69, 9.17) is 4.74 Å². The van der Waals surface area contributed by atoms with E-state index in [0.717, 1.165) is 35.6 Å². The molecule has 1 aliphatic carbocycles. The summed E-state index contributed by atoms with van der Waals surface area (Å²) in [5, 5.41) is 14.5. The van der Waals surface area contributed by atoms with Crippen molar-refractivity contribution in [1.29, 1.82) is 0 Å². The van der Waals surface area contributed by atoms with E-state index in [1.807, 2.05) is 36.4 Å². The number of anilines is 1. The molecular weight excluding hydrogens is 632 g/mol. The third-order valence-electron chi connectivity index (χ3n) is 8.42. The maximum absolute atomic E-state index is 14.6. The van der Waals surface area contributed by atoms with E-state index in [0.29, 0.717) is 11.3 Å². The van der Waals surface area contributed by atoms with Crippen LogP contribution in [0.2, 0.25) is 0 Å². The molecule has 11 nitrogen and oxygen atoms in total. The molecule has 5 rings (SSSR count). The zero-order valence-electron chi connectivity index (χ0n) is 26.6. The Morgan fingerprint density at radius 2 is 1.52 bits per heavy atom. The average molecular weight is 671 g/mol. The number of methoxy groups -OCH3 is 1. The Labute approximate surface area is 280 Å². The summed E-state index contributed by atoms with van der Waals surface area (Å²) in [5.41, 5.74) is 1.35. The first-order chi connectivity index (χ1) is 23.2. The van der Waals surface area contributed by atoms with Gasteiger partial charge < -0.3 is 15.0 Å². The Bertz CT molecular complexity index is 1810. The van der Waals surface area contributed by atoms with Crippen molar-refractivity contribution in [2.75, 3.05) is 18.0 Å². The summed E-state index contributed by atoms with van der Waals surface area (Å²) in [7, 11) is -2.79. The second-order valence-electron chi connectivity index (χ2n) is 11.7. The number of sulfonamides is 1. The number of nitrogens with zero attached hydrogens (tertiary/aromatic N) is 3. The van der Waals surface area contributed by atoms with Gasteiger partial charge in [-0.05, 0) is 60.4 Å². The van der Waals surface area contributed by atoms with E-state index < -0.39 is 33.4 Å². The molecule has 0 saturated heterocycles. The van der Waals surface area contributed by atoms with Crippen molar-refractivity contribution < 1.29 is 27.7 Å². The number of carbonyl (C=O) groups excluding carboxylic acids is 2. The van der Waals surface area contributed by atoms with Gasteiger partial charge in [0.15, 0.2) is 0 Å². The molecule has 1 N–H and O–H groups in total. The van der Waals surface area contributed by atoms with Crippen LogP contribution in [-0.4, -0.2) is 55.8 Å². The predicted octanol–water partition coefficient (Wildman–Crippen LogP) is 5.50. The van der Waals surface area contributed by atoms with Crippen LogP contribution < -0.4 is 14.4 Å². The van der Waals surface area contributed by atoms with Gasteiger partial charge >= 0.3 is 0 Å². The number of ether oxygens (including phenoxy) is 1. The Morgan fingerprint density at radius 3 is 2.15 bits per heavy atom. The molecule has 250 valence electrons. The molecule has 2 amide bonds. The van der Waals surface area contributed by atoms with Gasteiger partial charge in [-0.2, -0.15) is 0 Å². The van der Waals surface area contributed by atoms with Crippen molar-refractivity contribution in [3.8, 4) is 5.75 Å². The van der Waals surface area contributed by atoms with Gasteiger partial charge in [-0.1, -0.05) is 73.5 Å². The number of amides is 2. The molecular formula is C36H38N4O7S. The van der Waals surface area contributed by atoms with Gasteiger partial charge in [0.2, 0.25) is 11.8 Å². The molecule has 0 radical (unpaired) electrons. The molecule has 0 heterocycles. The summed E-state index contributed by atoms with van der Waals surface area (Å²) < 4.78 is 34.5. The number of nitrogens with one attached hydrogen (secondary N) is 1.